The zero-order chi connectivity index (χ0) is 11.2. The van der Waals surface area contributed by atoms with Crippen molar-refractivity contribution >= 4 is 0 Å². The van der Waals surface area contributed by atoms with Crippen LogP contribution in [-0.2, 0) is 4.74 Å². The van der Waals surface area contributed by atoms with Gasteiger partial charge in [-0.05, 0) is 26.3 Å². The number of hydrogen-bond acceptors (Lipinski definition) is 3. The summed E-state index contributed by atoms with van der Waals surface area (Å²) in [4.78, 5) is 2.59. The Labute approximate surface area is 98.5 Å². The molecule has 3 heteroatoms. The Hall–Kier alpha value is -0.560. The highest BCUT2D eigenvalue weighted by Gasteiger charge is 2.31. The third-order valence-corrected chi connectivity index (χ3v) is 3.44. The van der Waals surface area contributed by atoms with Gasteiger partial charge < -0.3 is 10.1 Å². The van der Waals surface area contributed by atoms with Crippen LogP contribution >= 0.6 is 0 Å². The number of morpholine rings is 1. The summed E-state index contributed by atoms with van der Waals surface area (Å²) < 4.78 is 5.86. The van der Waals surface area contributed by atoms with Crippen LogP contribution < -0.4 is 5.32 Å². The minimum absolute atomic E-state index is 0.379. The molecular formula is C13H22N2O. The highest BCUT2D eigenvalue weighted by atomic mass is 16.5. The first-order chi connectivity index (χ1) is 7.90. The number of hydrogen-bond donors (Lipinski definition) is 1. The molecular weight excluding hydrogens is 200 g/mol. The molecule has 0 amide bonds. The van der Waals surface area contributed by atoms with E-state index in [-0.39, 0.29) is 0 Å². The van der Waals surface area contributed by atoms with E-state index in [1.807, 2.05) is 6.92 Å². The number of fused-ring (bicyclic) bond motifs is 1. The van der Waals surface area contributed by atoms with Gasteiger partial charge in [0.05, 0.1) is 12.7 Å². The average Bonchev–Trinajstić information content (AvgIpc) is 2.76. The number of ether oxygens (including phenoxy) is 1. The van der Waals surface area contributed by atoms with Crippen molar-refractivity contribution in [2.45, 2.75) is 38.3 Å². The summed E-state index contributed by atoms with van der Waals surface area (Å²) in [6.07, 6.45) is 3.99. The van der Waals surface area contributed by atoms with Gasteiger partial charge in [-0.1, -0.05) is 0 Å². The smallest absolute Gasteiger partial charge is 0.0827 e. The van der Waals surface area contributed by atoms with Gasteiger partial charge in [-0.25, -0.2) is 0 Å². The second kappa shape index (κ2) is 6.24. The molecule has 2 fully saturated rings. The highest BCUT2D eigenvalue weighted by molar-refractivity contribution is 4.95. The summed E-state index contributed by atoms with van der Waals surface area (Å²) in [6, 6.07) is 0.710. The van der Waals surface area contributed by atoms with Crippen molar-refractivity contribution in [2.24, 2.45) is 0 Å². The molecule has 0 aliphatic carbocycles. The van der Waals surface area contributed by atoms with Gasteiger partial charge in [0.1, 0.15) is 0 Å². The van der Waals surface area contributed by atoms with Crippen molar-refractivity contribution in [2.75, 3.05) is 32.8 Å². The predicted octanol–water partition coefficient (Wildman–Crippen LogP) is 0.853. The molecule has 16 heavy (non-hydrogen) atoms. The standard InChI is InChI=1S/C13H22N2O/c1-2-3-4-7-14-9-13-10-15-8-5-6-12(15)11-16-13/h12-14H,4-11H2,1H3. The number of rotatable bonds is 4. The molecule has 0 aromatic rings. The van der Waals surface area contributed by atoms with Gasteiger partial charge in [-0.2, -0.15) is 0 Å². The molecule has 2 saturated heterocycles. The Morgan fingerprint density at radius 1 is 1.50 bits per heavy atom. The minimum Gasteiger partial charge on any atom is -0.374 e. The van der Waals surface area contributed by atoms with Crippen LogP contribution in [0.3, 0.4) is 0 Å². The molecule has 2 rings (SSSR count). The fourth-order valence-corrected chi connectivity index (χ4v) is 2.55. The maximum atomic E-state index is 5.86. The summed E-state index contributed by atoms with van der Waals surface area (Å²) in [5.41, 5.74) is 0. The molecule has 0 saturated carbocycles. The van der Waals surface area contributed by atoms with Crippen molar-refractivity contribution < 1.29 is 4.74 Å². The lowest BCUT2D eigenvalue weighted by Crippen LogP contribution is -2.49. The molecule has 0 aromatic carbocycles. The molecule has 0 bridgehead atoms. The first kappa shape index (κ1) is 11.9. The van der Waals surface area contributed by atoms with Gasteiger partial charge in [0.15, 0.2) is 0 Å². The van der Waals surface area contributed by atoms with Crippen molar-refractivity contribution in [1.29, 1.82) is 0 Å². The molecule has 0 radical (unpaired) electrons. The van der Waals surface area contributed by atoms with Crippen LogP contribution in [-0.4, -0.2) is 49.8 Å². The monoisotopic (exact) mass is 222 g/mol. The predicted molar refractivity (Wildman–Crippen MR) is 65.3 cm³/mol. The second-order valence-electron chi connectivity index (χ2n) is 4.63. The molecule has 2 unspecified atom stereocenters. The molecule has 2 heterocycles. The van der Waals surface area contributed by atoms with Crippen LogP contribution in [0.25, 0.3) is 0 Å². The Morgan fingerprint density at radius 3 is 3.31 bits per heavy atom. The minimum atomic E-state index is 0.379. The summed E-state index contributed by atoms with van der Waals surface area (Å²) in [5, 5.41) is 3.42. The maximum Gasteiger partial charge on any atom is 0.0827 e. The Kier molecular flexibility index (Phi) is 4.65. The molecule has 90 valence electrons. The normalized spacial score (nSPS) is 29.6. The lowest BCUT2D eigenvalue weighted by molar-refractivity contribution is -0.0467. The van der Waals surface area contributed by atoms with Crippen LogP contribution in [0.2, 0.25) is 0 Å². The molecule has 1 N–H and O–H groups in total. The number of nitrogens with one attached hydrogen (secondary N) is 1. The van der Waals surface area contributed by atoms with Gasteiger partial charge in [0.2, 0.25) is 0 Å². The lowest BCUT2D eigenvalue weighted by atomic mass is 10.2. The van der Waals surface area contributed by atoms with E-state index in [0.717, 1.165) is 32.7 Å². The van der Waals surface area contributed by atoms with Gasteiger partial charge in [0, 0.05) is 32.1 Å². The highest BCUT2D eigenvalue weighted by Crippen LogP contribution is 2.22. The Bertz CT molecular complexity index is 269. The first-order valence-electron chi connectivity index (χ1n) is 6.36. The van der Waals surface area contributed by atoms with Gasteiger partial charge in [0.25, 0.3) is 0 Å². The second-order valence-corrected chi connectivity index (χ2v) is 4.63. The SMILES string of the molecule is CC#CCCNCC1CN2CCCC2CO1. The molecule has 2 aliphatic rings. The fraction of sp³-hybridized carbons (Fsp3) is 0.846. The van der Waals surface area contributed by atoms with Crippen LogP contribution in [0.4, 0.5) is 0 Å². The van der Waals surface area contributed by atoms with Crippen LogP contribution in [0.15, 0.2) is 0 Å². The topological polar surface area (TPSA) is 24.5 Å². The van der Waals surface area contributed by atoms with Crippen molar-refractivity contribution in [3.8, 4) is 11.8 Å². The van der Waals surface area contributed by atoms with Crippen molar-refractivity contribution in [1.82, 2.24) is 10.2 Å². The van der Waals surface area contributed by atoms with Gasteiger partial charge in [-0.3, -0.25) is 4.90 Å². The molecule has 0 aromatic heterocycles. The maximum absolute atomic E-state index is 5.86. The zero-order valence-corrected chi connectivity index (χ0v) is 10.2. The molecule has 0 spiro atoms. The average molecular weight is 222 g/mol. The van der Waals surface area contributed by atoms with E-state index in [2.05, 4.69) is 22.1 Å². The summed E-state index contributed by atoms with van der Waals surface area (Å²) in [7, 11) is 0. The zero-order valence-electron chi connectivity index (χ0n) is 10.2. The summed E-state index contributed by atoms with van der Waals surface area (Å²) in [5.74, 6) is 5.97. The van der Waals surface area contributed by atoms with E-state index in [0.29, 0.717) is 12.1 Å². The van der Waals surface area contributed by atoms with E-state index in [9.17, 15) is 0 Å². The van der Waals surface area contributed by atoms with Crippen LogP contribution in [0.1, 0.15) is 26.2 Å². The molecule has 3 nitrogen and oxygen atoms in total. The number of nitrogens with zero attached hydrogens (tertiary/aromatic N) is 1. The van der Waals surface area contributed by atoms with Gasteiger partial charge >= 0.3 is 0 Å². The summed E-state index contributed by atoms with van der Waals surface area (Å²) in [6.45, 7) is 7.14. The van der Waals surface area contributed by atoms with Crippen LogP contribution in [0, 0.1) is 11.8 Å². The van der Waals surface area contributed by atoms with E-state index in [4.69, 9.17) is 4.74 Å². The summed E-state index contributed by atoms with van der Waals surface area (Å²) >= 11 is 0. The van der Waals surface area contributed by atoms with Crippen LogP contribution in [0.5, 0.6) is 0 Å². The Morgan fingerprint density at radius 2 is 2.44 bits per heavy atom. The van der Waals surface area contributed by atoms with Crippen molar-refractivity contribution in [3.05, 3.63) is 0 Å². The van der Waals surface area contributed by atoms with E-state index in [1.165, 1.54) is 19.4 Å². The fourth-order valence-electron chi connectivity index (χ4n) is 2.55. The molecule has 2 atom stereocenters. The van der Waals surface area contributed by atoms with E-state index >= 15 is 0 Å². The first-order valence-corrected chi connectivity index (χ1v) is 6.36. The third kappa shape index (κ3) is 3.21. The van der Waals surface area contributed by atoms with E-state index in [1.54, 1.807) is 0 Å². The van der Waals surface area contributed by atoms with E-state index < -0.39 is 0 Å². The lowest BCUT2D eigenvalue weighted by Gasteiger charge is -2.35. The largest absolute Gasteiger partial charge is 0.374 e. The molecule has 2 aliphatic heterocycles. The van der Waals surface area contributed by atoms with Crippen molar-refractivity contribution in [3.63, 3.8) is 0 Å². The quantitative estimate of drug-likeness (QED) is 0.564. The third-order valence-electron chi connectivity index (χ3n) is 3.44. The van der Waals surface area contributed by atoms with Gasteiger partial charge in [-0.15, -0.1) is 11.8 Å². The Balaban J connectivity index is 1.61.